The molecule has 54 heavy (non-hydrogen) atoms. The molecule has 0 bridgehead atoms. The van der Waals surface area contributed by atoms with E-state index in [1.807, 2.05) is 18.2 Å². The molecule has 3 heterocycles. The highest BCUT2D eigenvalue weighted by Gasteiger charge is 2.17. The molecule has 0 aliphatic rings. The van der Waals surface area contributed by atoms with Crippen LogP contribution in [0.2, 0.25) is 0 Å². The Kier molecular flexibility index (Phi) is 6.82. The smallest absolute Gasteiger partial charge is 0.160 e. The summed E-state index contributed by atoms with van der Waals surface area (Å²) < 4.78 is 8.69. The molecule has 0 unspecified atom stereocenters. The van der Waals surface area contributed by atoms with Gasteiger partial charge in [-0.2, -0.15) is 0 Å². The van der Waals surface area contributed by atoms with Gasteiger partial charge in [-0.3, -0.25) is 0 Å². The van der Waals surface area contributed by atoms with Crippen molar-refractivity contribution in [3.05, 3.63) is 188 Å². The summed E-state index contributed by atoms with van der Waals surface area (Å²) in [4.78, 5) is 10.4. The molecule has 11 aromatic rings. The largest absolute Gasteiger partial charge is 0.455 e. The standard InChI is InChI=1S/C50H31N3O/c1-3-12-33(13-4-1)48-43-31-35(36-27-29-46-42(30-36)39-16-7-9-20-45(39)53(46)37-14-5-2-6-15-37)26-28-44(43)51-50(52-48)34-24-22-32(23-25-34)38-18-11-19-41-40-17-8-10-21-47(40)54-49(38)41/h1-31H. The molecule has 0 N–H and O–H groups in total. The molecular weight excluding hydrogens is 659 g/mol. The Morgan fingerprint density at radius 1 is 0.389 bits per heavy atom. The molecule has 3 aromatic heterocycles. The molecule has 8 aromatic carbocycles. The summed E-state index contributed by atoms with van der Waals surface area (Å²) in [6.07, 6.45) is 0. The summed E-state index contributed by atoms with van der Waals surface area (Å²) in [5.41, 5.74) is 13.6. The lowest BCUT2D eigenvalue weighted by Gasteiger charge is -2.12. The van der Waals surface area contributed by atoms with Gasteiger partial charge in [0.05, 0.1) is 22.2 Å². The Labute approximate surface area is 311 Å². The van der Waals surface area contributed by atoms with Crippen LogP contribution in [-0.2, 0) is 0 Å². The lowest BCUT2D eigenvalue weighted by molar-refractivity contribution is 0.670. The molecule has 4 nitrogen and oxygen atoms in total. The van der Waals surface area contributed by atoms with Gasteiger partial charge in [0.15, 0.2) is 5.82 Å². The molecule has 0 saturated heterocycles. The lowest BCUT2D eigenvalue weighted by Crippen LogP contribution is -1.96. The highest BCUT2D eigenvalue weighted by atomic mass is 16.3. The summed E-state index contributed by atoms with van der Waals surface area (Å²) >= 11 is 0. The molecule has 0 fully saturated rings. The highest BCUT2D eigenvalue weighted by molar-refractivity contribution is 6.11. The van der Waals surface area contributed by atoms with E-state index in [9.17, 15) is 0 Å². The third-order valence-electron chi connectivity index (χ3n) is 10.6. The minimum atomic E-state index is 0.692. The van der Waals surface area contributed by atoms with E-state index in [0.29, 0.717) is 5.82 Å². The quantitative estimate of drug-likeness (QED) is 0.181. The van der Waals surface area contributed by atoms with Crippen LogP contribution in [0.25, 0.3) is 105 Å². The van der Waals surface area contributed by atoms with E-state index in [0.717, 1.165) is 77.6 Å². The number of hydrogen-bond donors (Lipinski definition) is 0. The van der Waals surface area contributed by atoms with Crippen molar-refractivity contribution in [2.45, 2.75) is 0 Å². The normalized spacial score (nSPS) is 11.7. The van der Waals surface area contributed by atoms with E-state index in [1.54, 1.807) is 0 Å². The predicted molar refractivity (Wildman–Crippen MR) is 223 cm³/mol. The molecular formula is C50H31N3O. The third-order valence-corrected chi connectivity index (χ3v) is 10.6. The van der Waals surface area contributed by atoms with Crippen molar-refractivity contribution in [1.29, 1.82) is 0 Å². The van der Waals surface area contributed by atoms with Crippen LogP contribution in [0.4, 0.5) is 0 Å². The number of rotatable bonds is 5. The fourth-order valence-corrected chi connectivity index (χ4v) is 8.03. The molecule has 0 aliphatic heterocycles. The van der Waals surface area contributed by atoms with Crippen molar-refractivity contribution >= 4 is 54.6 Å². The maximum Gasteiger partial charge on any atom is 0.160 e. The number of benzene rings is 8. The fourth-order valence-electron chi connectivity index (χ4n) is 8.03. The van der Waals surface area contributed by atoms with E-state index >= 15 is 0 Å². The van der Waals surface area contributed by atoms with Gasteiger partial charge in [0.25, 0.3) is 0 Å². The van der Waals surface area contributed by atoms with E-state index in [-0.39, 0.29) is 0 Å². The molecule has 0 saturated carbocycles. The predicted octanol–water partition coefficient (Wildman–Crippen LogP) is 13.3. The number of fused-ring (bicyclic) bond motifs is 7. The van der Waals surface area contributed by atoms with Crippen molar-refractivity contribution in [1.82, 2.24) is 14.5 Å². The van der Waals surface area contributed by atoms with Crippen LogP contribution < -0.4 is 0 Å². The van der Waals surface area contributed by atoms with Crippen molar-refractivity contribution in [3.8, 4) is 50.6 Å². The van der Waals surface area contributed by atoms with E-state index in [2.05, 4.69) is 174 Å². The Balaban J connectivity index is 1.02. The molecule has 0 spiro atoms. The number of hydrogen-bond acceptors (Lipinski definition) is 3. The second kappa shape index (κ2) is 12.1. The first-order chi connectivity index (χ1) is 26.8. The number of aromatic nitrogens is 3. The molecule has 252 valence electrons. The van der Waals surface area contributed by atoms with Crippen LogP contribution >= 0.6 is 0 Å². The maximum absolute atomic E-state index is 6.34. The zero-order valence-corrected chi connectivity index (χ0v) is 29.1. The zero-order valence-electron chi connectivity index (χ0n) is 29.1. The van der Waals surface area contributed by atoms with Gasteiger partial charge in [0.1, 0.15) is 11.2 Å². The fraction of sp³-hybridized carbons (Fsp3) is 0. The van der Waals surface area contributed by atoms with Crippen LogP contribution in [0.1, 0.15) is 0 Å². The van der Waals surface area contributed by atoms with Crippen molar-refractivity contribution in [3.63, 3.8) is 0 Å². The maximum atomic E-state index is 6.34. The number of para-hydroxylation sites is 4. The van der Waals surface area contributed by atoms with E-state index < -0.39 is 0 Å². The summed E-state index contributed by atoms with van der Waals surface area (Å²) in [5.74, 6) is 0.692. The average molecular weight is 690 g/mol. The van der Waals surface area contributed by atoms with Crippen LogP contribution in [0.5, 0.6) is 0 Å². The van der Waals surface area contributed by atoms with Gasteiger partial charge in [0, 0.05) is 49.3 Å². The molecule has 0 amide bonds. The van der Waals surface area contributed by atoms with Gasteiger partial charge in [-0.25, -0.2) is 9.97 Å². The Morgan fingerprint density at radius 3 is 1.85 bits per heavy atom. The first-order valence-corrected chi connectivity index (χ1v) is 18.2. The lowest BCUT2D eigenvalue weighted by atomic mass is 9.98. The van der Waals surface area contributed by atoms with E-state index in [4.69, 9.17) is 14.4 Å². The molecule has 0 radical (unpaired) electrons. The van der Waals surface area contributed by atoms with Gasteiger partial charge >= 0.3 is 0 Å². The summed E-state index contributed by atoms with van der Waals surface area (Å²) in [6.45, 7) is 0. The second-order valence-electron chi connectivity index (χ2n) is 13.8. The van der Waals surface area contributed by atoms with Gasteiger partial charge < -0.3 is 8.98 Å². The summed E-state index contributed by atoms with van der Waals surface area (Å²) in [5, 5.41) is 5.72. The number of nitrogens with zero attached hydrogens (tertiary/aromatic N) is 3. The number of furan rings is 1. The van der Waals surface area contributed by atoms with E-state index in [1.165, 1.54) is 21.8 Å². The Hall–Kier alpha value is -7.30. The van der Waals surface area contributed by atoms with Gasteiger partial charge in [-0.15, -0.1) is 0 Å². The second-order valence-corrected chi connectivity index (χ2v) is 13.8. The first kappa shape index (κ1) is 30.3. The van der Waals surface area contributed by atoms with Gasteiger partial charge in [0.2, 0.25) is 0 Å². The van der Waals surface area contributed by atoms with Gasteiger partial charge in [-0.05, 0) is 65.2 Å². The van der Waals surface area contributed by atoms with Crippen LogP contribution in [0, 0.1) is 0 Å². The molecule has 0 aliphatic carbocycles. The third kappa shape index (κ3) is 4.85. The SMILES string of the molecule is c1ccc(-c2nc(-c3ccc(-c4cccc5c4oc4ccccc45)cc3)nc3ccc(-c4ccc5c(c4)c4ccccc4n5-c4ccccc4)cc23)cc1. The first-order valence-electron chi connectivity index (χ1n) is 18.2. The van der Waals surface area contributed by atoms with Gasteiger partial charge in [-0.1, -0.05) is 140 Å². The zero-order chi connectivity index (χ0) is 35.6. The minimum absolute atomic E-state index is 0.692. The van der Waals surface area contributed by atoms with Crippen LogP contribution in [0.3, 0.4) is 0 Å². The van der Waals surface area contributed by atoms with Crippen molar-refractivity contribution < 1.29 is 4.42 Å². The summed E-state index contributed by atoms with van der Waals surface area (Å²) in [7, 11) is 0. The highest BCUT2D eigenvalue weighted by Crippen LogP contribution is 2.39. The van der Waals surface area contributed by atoms with Crippen molar-refractivity contribution in [2.24, 2.45) is 0 Å². The van der Waals surface area contributed by atoms with Crippen molar-refractivity contribution in [2.75, 3.05) is 0 Å². The topological polar surface area (TPSA) is 43.9 Å². The summed E-state index contributed by atoms with van der Waals surface area (Å²) in [6, 6.07) is 66.1. The molecule has 0 atom stereocenters. The molecule has 4 heteroatoms. The van der Waals surface area contributed by atoms with Crippen LogP contribution in [-0.4, -0.2) is 14.5 Å². The Bertz CT molecular complexity index is 3200. The van der Waals surface area contributed by atoms with Crippen LogP contribution in [0.15, 0.2) is 192 Å². The Morgan fingerprint density at radius 2 is 1.02 bits per heavy atom. The monoisotopic (exact) mass is 689 g/mol. The average Bonchev–Trinajstić information content (AvgIpc) is 3.79. The molecule has 11 rings (SSSR count). The minimum Gasteiger partial charge on any atom is -0.455 e.